The van der Waals surface area contributed by atoms with E-state index in [1.807, 2.05) is 6.92 Å². The third kappa shape index (κ3) is 3.20. The number of thioether (sulfide) groups is 1. The molecule has 1 unspecified atom stereocenters. The van der Waals surface area contributed by atoms with Crippen LogP contribution in [0.15, 0.2) is 23.1 Å². The predicted octanol–water partition coefficient (Wildman–Crippen LogP) is 2.53. The SMILES string of the molecule is COCC(C)Sc1cc(F)ccc1N. The maximum Gasteiger partial charge on any atom is 0.124 e. The van der Waals surface area contributed by atoms with Gasteiger partial charge in [-0.3, -0.25) is 0 Å². The highest BCUT2D eigenvalue weighted by molar-refractivity contribution is 8.00. The molecule has 2 nitrogen and oxygen atoms in total. The summed E-state index contributed by atoms with van der Waals surface area (Å²) in [6, 6.07) is 4.39. The molecule has 0 aliphatic heterocycles. The van der Waals surface area contributed by atoms with Crippen LogP contribution in [0.3, 0.4) is 0 Å². The molecule has 1 aromatic rings. The first-order valence-electron chi connectivity index (χ1n) is 4.34. The van der Waals surface area contributed by atoms with E-state index in [0.717, 1.165) is 4.90 Å². The first-order valence-corrected chi connectivity index (χ1v) is 5.22. The summed E-state index contributed by atoms with van der Waals surface area (Å²) in [4.78, 5) is 0.773. The number of nitrogens with two attached hydrogens (primary N) is 1. The molecule has 1 rings (SSSR count). The number of rotatable bonds is 4. The lowest BCUT2D eigenvalue weighted by Gasteiger charge is -2.11. The molecule has 0 fully saturated rings. The van der Waals surface area contributed by atoms with Gasteiger partial charge in [-0.1, -0.05) is 6.92 Å². The van der Waals surface area contributed by atoms with Crippen LogP contribution in [0.4, 0.5) is 10.1 Å². The van der Waals surface area contributed by atoms with E-state index in [-0.39, 0.29) is 11.1 Å². The summed E-state index contributed by atoms with van der Waals surface area (Å²) < 4.78 is 17.9. The zero-order valence-electron chi connectivity index (χ0n) is 8.29. The molecule has 0 aliphatic carbocycles. The molecule has 0 aliphatic rings. The minimum atomic E-state index is -0.258. The highest BCUT2D eigenvalue weighted by atomic mass is 32.2. The van der Waals surface area contributed by atoms with Crippen LogP contribution in [0.25, 0.3) is 0 Å². The molecule has 0 saturated heterocycles. The Morgan fingerprint density at radius 2 is 2.29 bits per heavy atom. The predicted molar refractivity (Wildman–Crippen MR) is 58.0 cm³/mol. The fourth-order valence-corrected chi connectivity index (χ4v) is 2.12. The van der Waals surface area contributed by atoms with Crippen LogP contribution >= 0.6 is 11.8 Å². The third-order valence-electron chi connectivity index (χ3n) is 1.71. The van der Waals surface area contributed by atoms with E-state index in [4.69, 9.17) is 10.5 Å². The summed E-state index contributed by atoms with van der Waals surface area (Å²) in [6.07, 6.45) is 0. The second kappa shape index (κ2) is 5.22. The van der Waals surface area contributed by atoms with E-state index in [1.54, 1.807) is 13.2 Å². The Bertz CT molecular complexity index is 306. The van der Waals surface area contributed by atoms with Gasteiger partial charge in [-0.15, -0.1) is 11.8 Å². The van der Waals surface area contributed by atoms with E-state index < -0.39 is 0 Å². The summed E-state index contributed by atoms with van der Waals surface area (Å²) in [5.74, 6) is -0.258. The molecule has 0 saturated carbocycles. The molecular weight excluding hydrogens is 201 g/mol. The monoisotopic (exact) mass is 215 g/mol. The quantitative estimate of drug-likeness (QED) is 0.619. The largest absolute Gasteiger partial charge is 0.398 e. The average Bonchev–Trinajstić information content (AvgIpc) is 2.12. The summed E-state index contributed by atoms with van der Waals surface area (Å²) in [5, 5.41) is 0.268. The Kier molecular flexibility index (Phi) is 4.22. The Balaban J connectivity index is 2.70. The van der Waals surface area contributed by atoms with Gasteiger partial charge in [0.1, 0.15) is 5.82 Å². The zero-order valence-corrected chi connectivity index (χ0v) is 9.10. The summed E-state index contributed by atoms with van der Waals surface area (Å²) in [6.45, 7) is 2.64. The number of methoxy groups -OCH3 is 1. The number of halogens is 1. The fourth-order valence-electron chi connectivity index (χ4n) is 1.10. The van der Waals surface area contributed by atoms with Crippen molar-refractivity contribution in [3.05, 3.63) is 24.0 Å². The van der Waals surface area contributed by atoms with Gasteiger partial charge in [0.2, 0.25) is 0 Å². The van der Waals surface area contributed by atoms with Crippen molar-refractivity contribution in [2.75, 3.05) is 19.5 Å². The summed E-state index contributed by atoms with van der Waals surface area (Å²) in [5.41, 5.74) is 6.32. The minimum Gasteiger partial charge on any atom is -0.398 e. The van der Waals surface area contributed by atoms with Gasteiger partial charge < -0.3 is 10.5 Å². The van der Waals surface area contributed by atoms with Gasteiger partial charge in [-0.05, 0) is 18.2 Å². The van der Waals surface area contributed by atoms with E-state index in [1.165, 1.54) is 23.9 Å². The molecule has 78 valence electrons. The van der Waals surface area contributed by atoms with Gasteiger partial charge >= 0.3 is 0 Å². The number of ether oxygens (including phenoxy) is 1. The van der Waals surface area contributed by atoms with Gasteiger partial charge in [-0.25, -0.2) is 4.39 Å². The van der Waals surface area contributed by atoms with Crippen LogP contribution in [0, 0.1) is 5.82 Å². The lowest BCUT2D eigenvalue weighted by atomic mass is 10.3. The standard InChI is InChI=1S/C10H14FNOS/c1-7(6-13-2)14-10-5-8(11)3-4-9(10)12/h3-5,7H,6,12H2,1-2H3. The molecule has 1 atom stereocenters. The maximum atomic E-state index is 12.9. The molecule has 4 heteroatoms. The molecule has 0 bridgehead atoms. The highest BCUT2D eigenvalue weighted by Crippen LogP contribution is 2.29. The molecular formula is C10H14FNOS. The van der Waals surface area contributed by atoms with E-state index in [0.29, 0.717) is 12.3 Å². The number of nitrogen functional groups attached to an aromatic ring is 1. The number of hydrogen-bond acceptors (Lipinski definition) is 3. The van der Waals surface area contributed by atoms with Crippen molar-refractivity contribution in [1.29, 1.82) is 0 Å². The topological polar surface area (TPSA) is 35.2 Å². The van der Waals surface area contributed by atoms with E-state index in [2.05, 4.69) is 0 Å². The first kappa shape index (κ1) is 11.3. The third-order valence-corrected chi connectivity index (χ3v) is 2.85. The first-order chi connectivity index (χ1) is 6.63. The number of anilines is 1. The van der Waals surface area contributed by atoms with Crippen molar-refractivity contribution in [2.45, 2.75) is 17.1 Å². The second-order valence-corrected chi connectivity index (χ2v) is 4.55. The van der Waals surface area contributed by atoms with Crippen LogP contribution in [-0.4, -0.2) is 19.0 Å². The molecule has 2 N–H and O–H groups in total. The lowest BCUT2D eigenvalue weighted by molar-refractivity contribution is 0.203. The van der Waals surface area contributed by atoms with Crippen LogP contribution < -0.4 is 5.73 Å². The zero-order chi connectivity index (χ0) is 10.6. The maximum absolute atomic E-state index is 12.9. The van der Waals surface area contributed by atoms with Gasteiger partial charge in [0.05, 0.1) is 6.61 Å². The van der Waals surface area contributed by atoms with Gasteiger partial charge in [-0.2, -0.15) is 0 Å². The van der Waals surface area contributed by atoms with Gasteiger partial charge in [0.15, 0.2) is 0 Å². The van der Waals surface area contributed by atoms with Crippen LogP contribution in [0.2, 0.25) is 0 Å². The summed E-state index contributed by atoms with van der Waals surface area (Å²) >= 11 is 1.52. The second-order valence-electron chi connectivity index (χ2n) is 3.07. The van der Waals surface area contributed by atoms with E-state index in [9.17, 15) is 4.39 Å². The van der Waals surface area contributed by atoms with Crippen LogP contribution in [0.5, 0.6) is 0 Å². The molecule has 0 aromatic heterocycles. The van der Waals surface area contributed by atoms with Gasteiger partial charge in [0.25, 0.3) is 0 Å². The van der Waals surface area contributed by atoms with Crippen molar-refractivity contribution >= 4 is 17.4 Å². The van der Waals surface area contributed by atoms with Gasteiger partial charge in [0, 0.05) is 22.9 Å². The Labute approximate surface area is 87.6 Å². The Morgan fingerprint density at radius 3 is 2.93 bits per heavy atom. The normalized spacial score (nSPS) is 12.8. The number of hydrogen-bond donors (Lipinski definition) is 1. The highest BCUT2D eigenvalue weighted by Gasteiger charge is 2.07. The van der Waals surface area contributed by atoms with Crippen molar-refractivity contribution in [3.63, 3.8) is 0 Å². The summed E-state index contributed by atoms with van der Waals surface area (Å²) in [7, 11) is 1.64. The Morgan fingerprint density at radius 1 is 1.57 bits per heavy atom. The van der Waals surface area contributed by atoms with Crippen molar-refractivity contribution in [1.82, 2.24) is 0 Å². The average molecular weight is 215 g/mol. The van der Waals surface area contributed by atoms with E-state index >= 15 is 0 Å². The molecule has 14 heavy (non-hydrogen) atoms. The molecule has 1 aromatic carbocycles. The van der Waals surface area contributed by atoms with Crippen LogP contribution in [-0.2, 0) is 4.74 Å². The van der Waals surface area contributed by atoms with Crippen LogP contribution in [0.1, 0.15) is 6.92 Å². The molecule has 0 amide bonds. The minimum absolute atomic E-state index is 0.258. The Hall–Kier alpha value is -0.740. The molecule has 0 radical (unpaired) electrons. The lowest BCUT2D eigenvalue weighted by Crippen LogP contribution is -2.05. The van der Waals surface area contributed by atoms with Crippen molar-refractivity contribution < 1.29 is 9.13 Å². The van der Waals surface area contributed by atoms with Crippen molar-refractivity contribution in [2.24, 2.45) is 0 Å². The smallest absolute Gasteiger partial charge is 0.124 e. The molecule has 0 spiro atoms. The van der Waals surface area contributed by atoms with Crippen molar-refractivity contribution in [3.8, 4) is 0 Å². The molecule has 0 heterocycles. The number of benzene rings is 1. The fraction of sp³-hybridized carbons (Fsp3) is 0.400.